The SMILES string of the molecule is CO[Si](C=C[Si]C(N1CCN(C)CC1)N1CCN(C)CC1)(OC)OC. The summed E-state index contributed by atoms with van der Waals surface area (Å²) in [6, 6.07) is 0. The van der Waals surface area contributed by atoms with Crippen molar-refractivity contribution in [3.63, 3.8) is 0 Å². The molecule has 0 amide bonds. The molecule has 0 spiro atoms. The average Bonchev–Trinajstić information content (AvgIpc) is 2.65. The van der Waals surface area contributed by atoms with Gasteiger partial charge in [-0.2, -0.15) is 0 Å². The van der Waals surface area contributed by atoms with Gasteiger partial charge >= 0.3 is 8.80 Å². The lowest BCUT2D eigenvalue weighted by Gasteiger charge is -2.45. The number of hydrogen-bond acceptors (Lipinski definition) is 7. The normalized spacial score (nSPS) is 23.1. The Hall–Kier alpha value is -0.106. The molecule has 0 unspecified atom stereocenters. The summed E-state index contributed by atoms with van der Waals surface area (Å²) >= 11 is 0. The summed E-state index contributed by atoms with van der Waals surface area (Å²) in [7, 11) is 7.44. The molecule has 144 valence electrons. The number of piperazine rings is 2. The van der Waals surface area contributed by atoms with Gasteiger partial charge in [0, 0.05) is 73.7 Å². The van der Waals surface area contributed by atoms with Crippen LogP contribution in [0.15, 0.2) is 11.4 Å². The second-order valence-corrected chi connectivity index (χ2v) is 10.7. The predicted molar refractivity (Wildman–Crippen MR) is 104 cm³/mol. The van der Waals surface area contributed by atoms with Crippen molar-refractivity contribution < 1.29 is 13.3 Å². The fourth-order valence-corrected chi connectivity index (χ4v) is 6.48. The van der Waals surface area contributed by atoms with Gasteiger partial charge in [-0.25, -0.2) is 0 Å². The molecule has 0 aliphatic carbocycles. The Bertz CT molecular complexity index is 380. The monoisotopic (exact) mass is 386 g/mol. The van der Waals surface area contributed by atoms with Crippen LogP contribution in [0.5, 0.6) is 0 Å². The van der Waals surface area contributed by atoms with E-state index in [9.17, 15) is 0 Å². The summed E-state index contributed by atoms with van der Waals surface area (Å²) in [5.41, 5.74) is 4.26. The standard InChI is InChI=1S/C16H34N4O3Si2/c1-17-6-10-19(11-7-17)16(20-12-8-18(2)9-13-20)24-14-15-25(21-3,22-4)23-5/h14-16H,6-13H2,1-5H3. The molecular formula is C16H34N4O3Si2. The molecule has 0 N–H and O–H groups in total. The van der Waals surface area contributed by atoms with Crippen LogP contribution in [0.25, 0.3) is 0 Å². The van der Waals surface area contributed by atoms with Gasteiger partial charge in [0.1, 0.15) is 9.52 Å². The molecule has 2 saturated heterocycles. The van der Waals surface area contributed by atoms with E-state index in [-0.39, 0.29) is 0 Å². The highest BCUT2D eigenvalue weighted by atomic mass is 28.4. The molecule has 2 heterocycles. The van der Waals surface area contributed by atoms with Crippen LogP contribution in [-0.4, -0.2) is 131 Å². The van der Waals surface area contributed by atoms with Gasteiger partial charge < -0.3 is 23.1 Å². The van der Waals surface area contributed by atoms with Crippen LogP contribution in [0, 0.1) is 0 Å². The molecule has 7 nitrogen and oxygen atoms in total. The van der Waals surface area contributed by atoms with E-state index in [1.54, 1.807) is 21.3 Å². The second-order valence-electron chi connectivity index (χ2n) is 6.77. The number of likely N-dealkylation sites (N-methyl/N-ethyl adjacent to an activating group) is 2. The van der Waals surface area contributed by atoms with E-state index >= 15 is 0 Å². The zero-order valence-electron chi connectivity index (χ0n) is 16.4. The van der Waals surface area contributed by atoms with Crippen LogP contribution in [0.1, 0.15) is 0 Å². The van der Waals surface area contributed by atoms with Crippen LogP contribution in [0.2, 0.25) is 0 Å². The van der Waals surface area contributed by atoms with E-state index in [1.807, 2.05) is 5.70 Å². The first-order valence-corrected chi connectivity index (χ1v) is 11.9. The molecule has 2 aliphatic heterocycles. The van der Waals surface area contributed by atoms with Gasteiger partial charge in [-0.05, 0) is 19.8 Å². The lowest BCUT2D eigenvalue weighted by atomic mass is 10.3. The van der Waals surface area contributed by atoms with Gasteiger partial charge in [-0.1, -0.05) is 5.70 Å². The maximum atomic E-state index is 5.51. The van der Waals surface area contributed by atoms with Crippen LogP contribution < -0.4 is 0 Å². The minimum absolute atomic E-state index is 0.468. The molecule has 2 radical (unpaired) electrons. The topological polar surface area (TPSA) is 40.7 Å². The first kappa shape index (κ1) is 21.2. The summed E-state index contributed by atoms with van der Waals surface area (Å²) in [6.07, 6.45) is 0. The van der Waals surface area contributed by atoms with Gasteiger partial charge in [0.2, 0.25) is 0 Å². The lowest BCUT2D eigenvalue weighted by Crippen LogP contribution is -2.61. The Morgan fingerprint density at radius 2 is 1.16 bits per heavy atom. The van der Waals surface area contributed by atoms with Crippen LogP contribution in [0.4, 0.5) is 0 Å². The molecule has 0 saturated carbocycles. The second kappa shape index (κ2) is 10.3. The summed E-state index contributed by atoms with van der Waals surface area (Å²) in [5, 5.41) is 0. The van der Waals surface area contributed by atoms with E-state index in [1.165, 1.54) is 0 Å². The van der Waals surface area contributed by atoms with Gasteiger partial charge in [0.15, 0.2) is 0 Å². The minimum Gasteiger partial charge on any atom is -0.374 e. The van der Waals surface area contributed by atoms with Crippen molar-refractivity contribution in [1.82, 2.24) is 19.6 Å². The van der Waals surface area contributed by atoms with Crippen molar-refractivity contribution in [3.05, 3.63) is 11.4 Å². The molecule has 0 bridgehead atoms. The Morgan fingerprint density at radius 3 is 1.52 bits per heavy atom. The highest BCUT2D eigenvalue weighted by molar-refractivity contribution is 6.67. The highest BCUT2D eigenvalue weighted by Crippen LogP contribution is 2.13. The molecule has 9 heteroatoms. The Balaban J connectivity index is 2.03. The summed E-state index contributed by atoms with van der Waals surface area (Å²) < 4.78 is 16.5. The maximum Gasteiger partial charge on any atom is 0.528 e. The van der Waals surface area contributed by atoms with Crippen molar-refractivity contribution in [2.24, 2.45) is 0 Å². The molecule has 2 aliphatic rings. The first-order chi connectivity index (χ1) is 12.0. The van der Waals surface area contributed by atoms with Crippen molar-refractivity contribution in [3.8, 4) is 0 Å². The van der Waals surface area contributed by atoms with E-state index in [2.05, 4.69) is 39.4 Å². The molecule has 0 atom stereocenters. The third kappa shape index (κ3) is 5.94. The summed E-state index contributed by atoms with van der Waals surface area (Å²) in [6.45, 7) is 9.12. The molecule has 0 aromatic heterocycles. The Morgan fingerprint density at radius 1 is 0.760 bits per heavy atom. The first-order valence-electron chi connectivity index (χ1n) is 8.98. The van der Waals surface area contributed by atoms with Gasteiger partial charge in [0.25, 0.3) is 0 Å². The zero-order valence-corrected chi connectivity index (χ0v) is 18.4. The largest absolute Gasteiger partial charge is 0.528 e. The van der Waals surface area contributed by atoms with E-state index < -0.39 is 8.80 Å². The third-order valence-corrected chi connectivity index (χ3v) is 9.16. The number of rotatable bonds is 8. The van der Waals surface area contributed by atoms with Gasteiger partial charge in [0.05, 0.1) is 5.79 Å². The Labute approximate surface area is 156 Å². The van der Waals surface area contributed by atoms with Crippen LogP contribution in [-0.2, 0) is 13.3 Å². The molecular weight excluding hydrogens is 352 g/mol. The smallest absolute Gasteiger partial charge is 0.374 e. The molecule has 25 heavy (non-hydrogen) atoms. The predicted octanol–water partition coefficient (Wildman–Crippen LogP) is -0.600. The van der Waals surface area contributed by atoms with Crippen LogP contribution >= 0.6 is 0 Å². The third-order valence-electron chi connectivity index (χ3n) is 5.15. The number of hydrogen-bond donors (Lipinski definition) is 0. The molecule has 0 aromatic rings. The van der Waals surface area contributed by atoms with E-state index in [0.717, 1.165) is 52.4 Å². The quantitative estimate of drug-likeness (QED) is 0.516. The summed E-state index contributed by atoms with van der Waals surface area (Å²) in [5.74, 6) is 0.468. The highest BCUT2D eigenvalue weighted by Gasteiger charge is 2.35. The number of nitrogens with zero attached hydrogens (tertiary/aromatic N) is 4. The van der Waals surface area contributed by atoms with Crippen molar-refractivity contribution in [2.45, 2.75) is 5.79 Å². The van der Waals surface area contributed by atoms with Crippen molar-refractivity contribution in [1.29, 1.82) is 0 Å². The van der Waals surface area contributed by atoms with Crippen molar-refractivity contribution >= 4 is 18.3 Å². The fourth-order valence-electron chi connectivity index (χ4n) is 3.27. The lowest BCUT2D eigenvalue weighted by molar-refractivity contribution is 0.0318. The zero-order chi connectivity index (χ0) is 18.3. The molecule has 2 rings (SSSR count). The Kier molecular flexibility index (Phi) is 8.72. The van der Waals surface area contributed by atoms with Crippen LogP contribution in [0.3, 0.4) is 0 Å². The van der Waals surface area contributed by atoms with E-state index in [4.69, 9.17) is 13.3 Å². The van der Waals surface area contributed by atoms with E-state index in [0.29, 0.717) is 15.3 Å². The minimum atomic E-state index is -2.63. The summed E-state index contributed by atoms with van der Waals surface area (Å²) in [4.78, 5) is 10.1. The molecule has 0 aromatic carbocycles. The fraction of sp³-hybridized carbons (Fsp3) is 0.875. The maximum absolute atomic E-state index is 5.51. The van der Waals surface area contributed by atoms with Gasteiger partial charge in [-0.15, -0.1) is 0 Å². The molecule has 2 fully saturated rings. The average molecular weight is 387 g/mol. The van der Waals surface area contributed by atoms with Gasteiger partial charge in [-0.3, -0.25) is 9.80 Å². The van der Waals surface area contributed by atoms with Crippen molar-refractivity contribution in [2.75, 3.05) is 87.8 Å².